The first-order valence-electron chi connectivity index (χ1n) is 8.75. The van der Waals surface area contributed by atoms with Gasteiger partial charge in [-0.1, -0.05) is 0 Å². The third-order valence-electron chi connectivity index (χ3n) is 6.16. The van der Waals surface area contributed by atoms with Crippen LogP contribution >= 0.6 is 0 Å². The SMILES string of the molecule is Cc1ccc2c(c1)C=C[CH]2[Ti+2]1([CH]2C=Cc3cc(C)ccc32)[CH2][CH2]1.[Cl-].[Cl-]. The molecule has 5 rings (SSSR count). The van der Waals surface area contributed by atoms with Crippen molar-refractivity contribution in [2.75, 3.05) is 0 Å². The van der Waals surface area contributed by atoms with E-state index in [1.54, 1.807) is 11.1 Å². The van der Waals surface area contributed by atoms with Crippen LogP contribution in [0.1, 0.15) is 41.8 Å². The standard InChI is InChI=1S/2C10H9.C2H4.2ClH.Ti/c2*1-8-5-6-9-3-2-4-10(9)7-8;1-2;;;/h2*2-7H,1H3;1-2H2;2*1H;/q;;;;;+2/p-2. The van der Waals surface area contributed by atoms with Crippen LogP contribution in [0.4, 0.5) is 0 Å². The van der Waals surface area contributed by atoms with Gasteiger partial charge in [0.15, 0.2) is 0 Å². The van der Waals surface area contributed by atoms with Crippen LogP contribution in [0.5, 0.6) is 0 Å². The van der Waals surface area contributed by atoms with Gasteiger partial charge < -0.3 is 24.8 Å². The number of hydrogen-bond donors (Lipinski definition) is 0. The van der Waals surface area contributed by atoms with Crippen molar-refractivity contribution in [1.29, 1.82) is 0 Å². The van der Waals surface area contributed by atoms with Crippen LogP contribution in [0, 0.1) is 13.8 Å². The van der Waals surface area contributed by atoms with E-state index in [0.717, 1.165) is 8.45 Å². The zero-order valence-corrected chi connectivity index (χ0v) is 17.7. The van der Waals surface area contributed by atoms with Crippen LogP contribution in [0.25, 0.3) is 12.2 Å². The predicted octanol–water partition coefficient (Wildman–Crippen LogP) is 0.152. The maximum Gasteiger partial charge on any atom is -1.00 e. The smallest absolute Gasteiger partial charge is 1.00 e. The molecule has 2 aromatic rings. The van der Waals surface area contributed by atoms with Crippen LogP contribution in [0.3, 0.4) is 0 Å². The van der Waals surface area contributed by atoms with Crippen molar-refractivity contribution < 1.29 is 41.4 Å². The van der Waals surface area contributed by atoms with Crippen molar-refractivity contribution in [3.05, 3.63) is 81.9 Å². The van der Waals surface area contributed by atoms with Gasteiger partial charge in [-0.3, -0.25) is 0 Å². The topological polar surface area (TPSA) is 0 Å². The molecule has 3 heteroatoms. The van der Waals surface area contributed by atoms with E-state index in [-0.39, 0.29) is 24.8 Å². The summed E-state index contributed by atoms with van der Waals surface area (Å²) < 4.78 is 4.61. The van der Waals surface area contributed by atoms with Gasteiger partial charge in [-0.05, 0) is 0 Å². The van der Waals surface area contributed by atoms with Crippen molar-refractivity contribution in [1.82, 2.24) is 0 Å². The maximum atomic E-state index is 2.55. The first-order chi connectivity index (χ1) is 11.2. The minimum Gasteiger partial charge on any atom is -1.00 e. The van der Waals surface area contributed by atoms with Gasteiger partial charge in [0.1, 0.15) is 0 Å². The Hall–Kier alpha value is -0.786. The van der Waals surface area contributed by atoms with E-state index in [0.29, 0.717) is 0 Å². The molecule has 1 saturated heterocycles. The zero-order chi connectivity index (χ0) is 15.6. The molecule has 2 aromatic carbocycles. The van der Waals surface area contributed by atoms with Crippen LogP contribution in [0.2, 0.25) is 9.45 Å². The number of allylic oxidation sites excluding steroid dienone is 2. The minimum absolute atomic E-state index is 0. The Kier molecular flexibility index (Phi) is 5.12. The Morgan fingerprint density at radius 2 is 1.16 bits per heavy atom. The second kappa shape index (κ2) is 6.74. The van der Waals surface area contributed by atoms with E-state index in [9.17, 15) is 0 Å². The molecule has 0 spiro atoms. The van der Waals surface area contributed by atoms with Gasteiger partial charge in [-0.15, -0.1) is 0 Å². The number of hydrogen-bond acceptors (Lipinski definition) is 0. The zero-order valence-electron chi connectivity index (χ0n) is 14.6. The molecule has 1 heterocycles. The molecule has 2 unspecified atom stereocenters. The van der Waals surface area contributed by atoms with Gasteiger partial charge >= 0.3 is 142 Å². The number of aryl methyl sites for hydroxylation is 2. The van der Waals surface area contributed by atoms with E-state index in [1.165, 1.54) is 31.7 Å². The molecule has 0 N–H and O–H groups in total. The van der Waals surface area contributed by atoms with Crippen molar-refractivity contribution >= 4 is 12.2 Å². The van der Waals surface area contributed by atoms with Gasteiger partial charge in [0.05, 0.1) is 0 Å². The van der Waals surface area contributed by atoms with E-state index in [1.807, 2.05) is 0 Å². The van der Waals surface area contributed by atoms with Crippen molar-refractivity contribution in [2.45, 2.75) is 31.7 Å². The Balaban J connectivity index is 0.000000911. The van der Waals surface area contributed by atoms with Crippen LogP contribution in [-0.2, 0) is 16.6 Å². The van der Waals surface area contributed by atoms with E-state index < -0.39 is 16.6 Å². The molecule has 0 radical (unpaired) electrons. The monoisotopic (exact) mass is 404 g/mol. The number of benzene rings is 2. The molecule has 128 valence electrons. The Labute approximate surface area is 166 Å². The van der Waals surface area contributed by atoms with Crippen molar-refractivity contribution in [3.8, 4) is 0 Å². The molecular weight excluding hydrogens is 383 g/mol. The molecule has 25 heavy (non-hydrogen) atoms. The predicted molar refractivity (Wildman–Crippen MR) is 95.5 cm³/mol. The first kappa shape index (κ1) is 19.0. The first-order valence-corrected chi connectivity index (χ1v) is 12.8. The molecule has 0 amide bonds. The Morgan fingerprint density at radius 1 is 0.720 bits per heavy atom. The summed E-state index contributed by atoms with van der Waals surface area (Å²) in [6.07, 6.45) is 9.90. The third kappa shape index (κ3) is 2.88. The largest absolute Gasteiger partial charge is 1.00 e. The summed E-state index contributed by atoms with van der Waals surface area (Å²) >= 11 is -1.90. The average molecular weight is 405 g/mol. The molecule has 0 aromatic heterocycles. The van der Waals surface area contributed by atoms with Gasteiger partial charge in [0.2, 0.25) is 0 Å². The summed E-state index contributed by atoms with van der Waals surface area (Å²) in [5, 5.41) is 0. The molecule has 0 bridgehead atoms. The Bertz CT molecular complexity index is 808. The van der Waals surface area contributed by atoms with Gasteiger partial charge in [-0.2, -0.15) is 0 Å². The van der Waals surface area contributed by atoms with Crippen molar-refractivity contribution in [3.63, 3.8) is 0 Å². The van der Waals surface area contributed by atoms with E-state index >= 15 is 0 Å². The molecule has 3 aliphatic rings. The van der Waals surface area contributed by atoms with E-state index in [4.69, 9.17) is 0 Å². The van der Waals surface area contributed by atoms with Crippen LogP contribution in [0.15, 0.2) is 48.6 Å². The molecular formula is C22H22Cl2Ti. The normalized spacial score (nSPS) is 22.2. The number of fused-ring (bicyclic) bond motifs is 2. The molecule has 0 saturated carbocycles. The second-order valence-electron chi connectivity index (χ2n) is 7.67. The summed E-state index contributed by atoms with van der Waals surface area (Å²) in [7, 11) is 0. The fourth-order valence-corrected chi connectivity index (χ4v) is 13.9. The fourth-order valence-electron chi connectivity index (χ4n) is 4.81. The summed E-state index contributed by atoms with van der Waals surface area (Å²) in [5.41, 5.74) is 8.99. The Morgan fingerprint density at radius 3 is 1.56 bits per heavy atom. The molecule has 1 aliphatic heterocycles. The summed E-state index contributed by atoms with van der Waals surface area (Å²) in [4.78, 5) is 0. The fraction of sp³-hybridized carbons (Fsp3) is 0.273. The summed E-state index contributed by atoms with van der Waals surface area (Å²) in [5.74, 6) is 0. The number of halogens is 2. The third-order valence-corrected chi connectivity index (χ3v) is 14.2. The summed E-state index contributed by atoms with van der Waals surface area (Å²) in [6, 6.07) is 14.2. The van der Waals surface area contributed by atoms with Gasteiger partial charge in [0, 0.05) is 0 Å². The quantitative estimate of drug-likeness (QED) is 0.625. The van der Waals surface area contributed by atoms with Gasteiger partial charge in [0.25, 0.3) is 0 Å². The summed E-state index contributed by atoms with van der Waals surface area (Å²) in [6.45, 7) is 4.40. The molecule has 0 nitrogen and oxygen atoms in total. The second-order valence-corrected chi connectivity index (χ2v) is 15.0. The van der Waals surface area contributed by atoms with Gasteiger partial charge in [-0.25, -0.2) is 0 Å². The van der Waals surface area contributed by atoms with E-state index in [2.05, 4.69) is 74.5 Å². The maximum absolute atomic E-state index is 2.55. The van der Waals surface area contributed by atoms with Crippen LogP contribution in [-0.4, -0.2) is 0 Å². The van der Waals surface area contributed by atoms with Crippen molar-refractivity contribution in [2.24, 2.45) is 0 Å². The number of rotatable bonds is 2. The molecule has 2 atom stereocenters. The molecule has 2 aliphatic carbocycles. The minimum atomic E-state index is -1.90. The van der Waals surface area contributed by atoms with Crippen LogP contribution < -0.4 is 24.8 Å². The molecule has 1 fully saturated rings. The average Bonchev–Trinajstić information content (AvgIpc) is 3.04.